The third-order valence-electron chi connectivity index (χ3n) is 4.94. The number of thiophene rings is 1. The lowest BCUT2D eigenvalue weighted by Gasteiger charge is -2.34. The van der Waals surface area contributed by atoms with E-state index in [1.165, 1.54) is 23.3 Å². The number of halogens is 1. The topological polar surface area (TPSA) is 33.2 Å². The van der Waals surface area contributed by atoms with E-state index in [-0.39, 0.29) is 5.91 Å². The Balaban J connectivity index is 1.80. The van der Waals surface area contributed by atoms with E-state index >= 15 is 0 Å². The van der Waals surface area contributed by atoms with Crippen molar-refractivity contribution < 1.29 is 4.79 Å². The van der Waals surface area contributed by atoms with Gasteiger partial charge in [-0.2, -0.15) is 0 Å². The zero-order chi connectivity index (χ0) is 17.7. The predicted molar refractivity (Wildman–Crippen MR) is 106 cm³/mol. The van der Waals surface area contributed by atoms with E-state index in [4.69, 9.17) is 11.6 Å². The number of hydrogen-bond donors (Lipinski definition) is 0. The van der Waals surface area contributed by atoms with Gasteiger partial charge in [0.25, 0.3) is 5.91 Å². The van der Waals surface area contributed by atoms with Gasteiger partial charge in [-0.15, -0.1) is 11.3 Å². The molecule has 5 heteroatoms. The molecule has 2 aromatic heterocycles. The highest BCUT2D eigenvalue weighted by Gasteiger charge is 2.27. The predicted octanol–water partition coefficient (Wildman–Crippen LogP) is 5.53. The minimum absolute atomic E-state index is 0.122. The Labute approximate surface area is 156 Å². The molecule has 0 saturated carbocycles. The number of likely N-dealkylation sites (tertiary alicyclic amines) is 1. The van der Waals surface area contributed by atoms with Crippen LogP contribution >= 0.6 is 22.9 Å². The van der Waals surface area contributed by atoms with Crippen LogP contribution in [0.1, 0.15) is 35.5 Å². The fourth-order valence-electron chi connectivity index (χ4n) is 3.93. The monoisotopic (exact) mass is 372 g/mol. The summed E-state index contributed by atoms with van der Waals surface area (Å²) in [5.41, 5.74) is 2.06. The van der Waals surface area contributed by atoms with Crippen molar-refractivity contribution >= 4 is 49.8 Å². The SMILES string of the molecule is Cc1ccc2nc(Cl)c3cc(C(=O)N4C[C@H](C)C[C@H](C)C4)sc3c2c1. The van der Waals surface area contributed by atoms with E-state index in [2.05, 4.69) is 31.8 Å². The van der Waals surface area contributed by atoms with Gasteiger partial charge in [0.2, 0.25) is 0 Å². The summed E-state index contributed by atoms with van der Waals surface area (Å²) in [4.78, 5) is 20.3. The Kier molecular flexibility index (Phi) is 4.20. The maximum Gasteiger partial charge on any atom is 0.263 e. The second-order valence-electron chi connectivity index (χ2n) is 7.43. The van der Waals surface area contributed by atoms with Crippen molar-refractivity contribution in [1.29, 1.82) is 0 Å². The first-order valence-electron chi connectivity index (χ1n) is 8.71. The molecular weight excluding hydrogens is 352 g/mol. The molecule has 0 aliphatic carbocycles. The highest BCUT2D eigenvalue weighted by molar-refractivity contribution is 7.21. The molecule has 0 unspecified atom stereocenters. The molecule has 1 aromatic carbocycles. The lowest BCUT2D eigenvalue weighted by atomic mass is 9.92. The largest absolute Gasteiger partial charge is 0.337 e. The van der Waals surface area contributed by atoms with E-state index in [0.29, 0.717) is 17.0 Å². The minimum Gasteiger partial charge on any atom is -0.337 e. The summed E-state index contributed by atoms with van der Waals surface area (Å²) in [7, 11) is 0. The van der Waals surface area contributed by atoms with Gasteiger partial charge in [0.1, 0.15) is 5.15 Å². The van der Waals surface area contributed by atoms with Crippen LogP contribution in [0.25, 0.3) is 21.0 Å². The Morgan fingerprint density at radius 2 is 1.92 bits per heavy atom. The summed E-state index contributed by atoms with van der Waals surface area (Å²) in [5, 5.41) is 2.43. The first-order chi connectivity index (χ1) is 11.9. The van der Waals surface area contributed by atoms with E-state index in [0.717, 1.165) is 39.0 Å². The van der Waals surface area contributed by atoms with Crippen molar-refractivity contribution in [2.45, 2.75) is 27.2 Å². The highest BCUT2D eigenvalue weighted by Crippen LogP contribution is 2.37. The molecule has 3 aromatic rings. The molecule has 0 bridgehead atoms. The molecule has 130 valence electrons. The van der Waals surface area contributed by atoms with Crippen molar-refractivity contribution in [3.05, 3.63) is 39.9 Å². The summed E-state index contributed by atoms with van der Waals surface area (Å²) < 4.78 is 1.06. The van der Waals surface area contributed by atoms with Gasteiger partial charge in [-0.1, -0.05) is 37.1 Å². The van der Waals surface area contributed by atoms with Crippen LogP contribution in [0.4, 0.5) is 0 Å². The van der Waals surface area contributed by atoms with Crippen LogP contribution in [0.15, 0.2) is 24.3 Å². The number of amides is 1. The van der Waals surface area contributed by atoms with Crippen LogP contribution in [0.2, 0.25) is 5.15 Å². The maximum absolute atomic E-state index is 13.0. The Bertz CT molecular complexity index is 971. The summed E-state index contributed by atoms with van der Waals surface area (Å²) in [6.07, 6.45) is 1.19. The minimum atomic E-state index is 0.122. The number of nitrogens with zero attached hydrogens (tertiary/aromatic N) is 2. The summed E-state index contributed by atoms with van der Waals surface area (Å²) in [6.45, 7) is 8.18. The number of benzene rings is 1. The van der Waals surface area contributed by atoms with Gasteiger partial charge >= 0.3 is 0 Å². The number of rotatable bonds is 1. The molecule has 3 heterocycles. The molecular formula is C20H21ClN2OS. The average Bonchev–Trinajstić information content (AvgIpc) is 3.00. The molecule has 4 rings (SSSR count). The van der Waals surface area contributed by atoms with Crippen molar-refractivity contribution in [3.63, 3.8) is 0 Å². The Hall–Kier alpha value is -1.65. The lowest BCUT2D eigenvalue weighted by Crippen LogP contribution is -2.42. The number of carbonyl (C=O) groups is 1. The van der Waals surface area contributed by atoms with Crippen molar-refractivity contribution in [1.82, 2.24) is 9.88 Å². The number of hydrogen-bond acceptors (Lipinski definition) is 3. The van der Waals surface area contributed by atoms with Crippen LogP contribution in [0.3, 0.4) is 0 Å². The van der Waals surface area contributed by atoms with Crippen LogP contribution < -0.4 is 0 Å². The zero-order valence-electron chi connectivity index (χ0n) is 14.7. The van der Waals surface area contributed by atoms with Crippen LogP contribution in [0.5, 0.6) is 0 Å². The van der Waals surface area contributed by atoms with Crippen LogP contribution in [-0.2, 0) is 0 Å². The van der Waals surface area contributed by atoms with E-state index in [1.54, 1.807) is 0 Å². The molecule has 0 spiro atoms. The molecule has 3 nitrogen and oxygen atoms in total. The van der Waals surface area contributed by atoms with E-state index < -0.39 is 0 Å². The molecule has 1 amide bonds. The molecule has 25 heavy (non-hydrogen) atoms. The van der Waals surface area contributed by atoms with Crippen molar-refractivity contribution in [3.8, 4) is 0 Å². The van der Waals surface area contributed by atoms with Gasteiger partial charge < -0.3 is 4.90 Å². The highest BCUT2D eigenvalue weighted by atomic mass is 35.5. The molecule has 1 fully saturated rings. The van der Waals surface area contributed by atoms with E-state index in [1.807, 2.05) is 23.1 Å². The maximum atomic E-state index is 13.0. The lowest BCUT2D eigenvalue weighted by molar-refractivity contribution is 0.0628. The van der Waals surface area contributed by atoms with Crippen LogP contribution in [0, 0.1) is 18.8 Å². The third-order valence-corrected chi connectivity index (χ3v) is 6.38. The number of aromatic nitrogens is 1. The Morgan fingerprint density at radius 1 is 1.20 bits per heavy atom. The van der Waals surface area contributed by atoms with Crippen molar-refractivity contribution in [2.75, 3.05) is 13.1 Å². The number of aryl methyl sites for hydroxylation is 1. The normalized spacial score (nSPS) is 21.2. The van der Waals surface area contributed by atoms with Gasteiger partial charge in [-0.3, -0.25) is 4.79 Å². The third kappa shape index (κ3) is 3.02. The Morgan fingerprint density at radius 3 is 2.64 bits per heavy atom. The molecule has 2 atom stereocenters. The molecule has 1 saturated heterocycles. The van der Waals surface area contributed by atoms with Gasteiger partial charge in [-0.25, -0.2) is 4.98 Å². The second kappa shape index (κ2) is 6.26. The van der Waals surface area contributed by atoms with Gasteiger partial charge in [0.15, 0.2) is 0 Å². The fraction of sp³-hybridized carbons (Fsp3) is 0.400. The summed E-state index contributed by atoms with van der Waals surface area (Å²) in [6, 6.07) is 8.07. The van der Waals surface area contributed by atoms with Gasteiger partial charge in [-0.05, 0) is 43.4 Å². The molecule has 1 aliphatic heterocycles. The average molecular weight is 373 g/mol. The molecule has 0 radical (unpaired) electrons. The van der Waals surface area contributed by atoms with Crippen molar-refractivity contribution in [2.24, 2.45) is 11.8 Å². The number of pyridine rings is 1. The standard InChI is InChI=1S/C20H21ClN2OS/c1-11-4-5-16-14(7-11)18-15(19(21)22-16)8-17(25-18)20(24)23-9-12(2)6-13(3)10-23/h4-5,7-8,12-13H,6,9-10H2,1-3H3/t12-,13+. The number of fused-ring (bicyclic) bond motifs is 3. The van der Waals surface area contributed by atoms with E-state index in [9.17, 15) is 4.79 Å². The first-order valence-corrected chi connectivity index (χ1v) is 9.90. The fourth-order valence-corrected chi connectivity index (χ4v) is 5.38. The second-order valence-corrected chi connectivity index (χ2v) is 8.84. The first kappa shape index (κ1) is 16.8. The molecule has 0 N–H and O–H groups in total. The smallest absolute Gasteiger partial charge is 0.263 e. The number of carbonyl (C=O) groups excluding carboxylic acids is 1. The van der Waals surface area contributed by atoms with Gasteiger partial charge in [0, 0.05) is 28.6 Å². The quantitative estimate of drug-likeness (QED) is 0.526. The van der Waals surface area contributed by atoms with Gasteiger partial charge in [0.05, 0.1) is 10.4 Å². The van der Waals surface area contributed by atoms with Crippen LogP contribution in [-0.4, -0.2) is 28.9 Å². The number of piperidine rings is 1. The summed E-state index contributed by atoms with van der Waals surface area (Å²) in [5.74, 6) is 1.23. The summed E-state index contributed by atoms with van der Waals surface area (Å²) >= 11 is 7.93. The molecule has 1 aliphatic rings. The zero-order valence-corrected chi connectivity index (χ0v) is 16.2.